The van der Waals surface area contributed by atoms with E-state index in [1.165, 1.54) is 12.1 Å². The zero-order valence-corrected chi connectivity index (χ0v) is 19.3. The van der Waals surface area contributed by atoms with Gasteiger partial charge in [-0.15, -0.1) is 0 Å². The molecule has 4 rings (SSSR count). The summed E-state index contributed by atoms with van der Waals surface area (Å²) in [6, 6.07) is 18.0. The number of hydrogen-bond acceptors (Lipinski definition) is 5. The van der Waals surface area contributed by atoms with Gasteiger partial charge in [-0.05, 0) is 66.6 Å². The van der Waals surface area contributed by atoms with E-state index in [0.29, 0.717) is 16.9 Å². The van der Waals surface area contributed by atoms with Crippen LogP contribution in [-0.2, 0) is 6.61 Å². The molecule has 0 amide bonds. The van der Waals surface area contributed by atoms with Crippen LogP contribution in [0, 0.1) is 51.1 Å². The van der Waals surface area contributed by atoms with Gasteiger partial charge in [0.2, 0.25) is 0 Å². The van der Waals surface area contributed by atoms with Gasteiger partial charge in [-0.2, -0.15) is 15.8 Å². The SMILES string of the molecule is N#CC1=C(N)C(C#N)(C#N)[C@@H](c2cc(Br)ccc2OCc2cccc(F)c2)[C@H]2CCCC=C12. The molecule has 2 atom stereocenters. The Labute approximate surface area is 200 Å². The van der Waals surface area contributed by atoms with Crippen LogP contribution < -0.4 is 10.5 Å². The van der Waals surface area contributed by atoms with Gasteiger partial charge in [-0.3, -0.25) is 0 Å². The van der Waals surface area contributed by atoms with E-state index in [-0.39, 0.29) is 29.6 Å². The minimum absolute atomic E-state index is 0.0135. The van der Waals surface area contributed by atoms with Crippen molar-refractivity contribution in [2.45, 2.75) is 31.8 Å². The number of hydrogen-bond donors (Lipinski definition) is 1. The number of allylic oxidation sites excluding steroid dienone is 4. The Morgan fingerprint density at radius 2 is 1.94 bits per heavy atom. The Bertz CT molecular complexity index is 1280. The second kappa shape index (κ2) is 9.10. The number of nitrogens with two attached hydrogens (primary N) is 1. The number of benzene rings is 2. The maximum absolute atomic E-state index is 13.6. The molecule has 0 radical (unpaired) electrons. The lowest BCUT2D eigenvalue weighted by molar-refractivity contribution is 0.276. The van der Waals surface area contributed by atoms with Crippen LogP contribution in [-0.4, -0.2) is 0 Å². The second-order valence-corrected chi connectivity index (χ2v) is 9.12. The van der Waals surface area contributed by atoms with Crippen molar-refractivity contribution in [1.29, 1.82) is 15.8 Å². The van der Waals surface area contributed by atoms with E-state index in [1.54, 1.807) is 18.2 Å². The van der Waals surface area contributed by atoms with Crippen molar-refractivity contribution in [3.8, 4) is 24.0 Å². The molecule has 2 aromatic carbocycles. The summed E-state index contributed by atoms with van der Waals surface area (Å²) in [5, 5.41) is 30.3. The first-order chi connectivity index (χ1) is 15.9. The molecule has 0 bridgehead atoms. The van der Waals surface area contributed by atoms with Crippen molar-refractivity contribution >= 4 is 15.9 Å². The number of ether oxygens (including phenoxy) is 1. The smallest absolute Gasteiger partial charge is 0.191 e. The molecule has 0 saturated heterocycles. The number of nitriles is 3. The summed E-state index contributed by atoms with van der Waals surface area (Å²) in [4.78, 5) is 0. The third-order valence-corrected chi connectivity index (χ3v) is 6.88. The molecule has 0 unspecified atom stereocenters. The monoisotopic (exact) mass is 502 g/mol. The van der Waals surface area contributed by atoms with Crippen LogP contribution >= 0.6 is 15.9 Å². The highest BCUT2D eigenvalue weighted by Gasteiger charge is 2.54. The maximum atomic E-state index is 13.6. The number of fused-ring (bicyclic) bond motifs is 1. The Balaban J connectivity index is 1.87. The third-order valence-electron chi connectivity index (χ3n) is 6.39. The molecule has 0 aliphatic heterocycles. The first kappa shape index (κ1) is 22.6. The summed E-state index contributed by atoms with van der Waals surface area (Å²) in [5.41, 5.74) is 6.98. The molecule has 0 spiro atoms. The Morgan fingerprint density at radius 1 is 1.15 bits per heavy atom. The summed E-state index contributed by atoms with van der Waals surface area (Å²) in [5.74, 6) is -0.728. The summed E-state index contributed by atoms with van der Waals surface area (Å²) in [6.07, 6.45) is 4.40. The molecule has 0 fully saturated rings. The lowest BCUT2D eigenvalue weighted by atomic mass is 9.56. The summed E-state index contributed by atoms with van der Waals surface area (Å²) in [6.45, 7) is 0.118. The van der Waals surface area contributed by atoms with Gasteiger partial charge < -0.3 is 10.5 Å². The topological polar surface area (TPSA) is 107 Å². The van der Waals surface area contributed by atoms with E-state index in [2.05, 4.69) is 34.1 Å². The highest BCUT2D eigenvalue weighted by atomic mass is 79.9. The van der Waals surface area contributed by atoms with Gasteiger partial charge in [-0.25, -0.2) is 4.39 Å². The fourth-order valence-corrected chi connectivity index (χ4v) is 5.28. The normalized spacial score (nSPS) is 21.1. The Morgan fingerprint density at radius 3 is 2.64 bits per heavy atom. The fraction of sp³-hybridized carbons (Fsp3) is 0.269. The van der Waals surface area contributed by atoms with Gasteiger partial charge >= 0.3 is 0 Å². The zero-order chi connectivity index (χ0) is 23.6. The first-order valence-corrected chi connectivity index (χ1v) is 11.3. The Kier molecular flexibility index (Phi) is 6.23. The summed E-state index contributed by atoms with van der Waals surface area (Å²) < 4.78 is 20.5. The van der Waals surface area contributed by atoms with E-state index in [9.17, 15) is 20.2 Å². The second-order valence-electron chi connectivity index (χ2n) is 8.21. The first-order valence-electron chi connectivity index (χ1n) is 10.5. The predicted molar refractivity (Wildman–Crippen MR) is 124 cm³/mol. The largest absolute Gasteiger partial charge is 0.489 e. The minimum Gasteiger partial charge on any atom is -0.489 e. The van der Waals surface area contributed by atoms with Gasteiger partial charge in [0, 0.05) is 16.0 Å². The number of nitrogens with zero attached hydrogens (tertiary/aromatic N) is 3. The van der Waals surface area contributed by atoms with Crippen LogP contribution in [0.5, 0.6) is 5.75 Å². The van der Waals surface area contributed by atoms with Crippen LogP contribution in [0.1, 0.15) is 36.3 Å². The number of rotatable bonds is 4. The van der Waals surface area contributed by atoms with Gasteiger partial charge in [0.05, 0.1) is 23.4 Å². The third kappa shape index (κ3) is 3.88. The molecule has 0 aromatic heterocycles. The molecule has 2 N–H and O–H groups in total. The molecule has 7 heteroatoms. The Hall–Kier alpha value is -3.60. The van der Waals surface area contributed by atoms with Crippen LogP contribution in [0.4, 0.5) is 4.39 Å². The molecule has 2 aromatic rings. The molecule has 164 valence electrons. The van der Waals surface area contributed by atoms with E-state index < -0.39 is 11.3 Å². The van der Waals surface area contributed by atoms with Gasteiger partial charge in [0.15, 0.2) is 5.41 Å². The van der Waals surface area contributed by atoms with Crippen LogP contribution in [0.15, 0.2) is 69.9 Å². The van der Waals surface area contributed by atoms with Crippen molar-refractivity contribution in [1.82, 2.24) is 0 Å². The zero-order valence-electron chi connectivity index (χ0n) is 17.7. The molecule has 0 heterocycles. The maximum Gasteiger partial charge on any atom is 0.191 e. The lowest BCUT2D eigenvalue weighted by Gasteiger charge is -2.43. The van der Waals surface area contributed by atoms with Crippen molar-refractivity contribution in [3.05, 3.63) is 86.8 Å². The average molecular weight is 503 g/mol. The van der Waals surface area contributed by atoms with Gasteiger partial charge in [-0.1, -0.05) is 34.1 Å². The van der Waals surface area contributed by atoms with Crippen molar-refractivity contribution in [2.24, 2.45) is 17.1 Å². The quantitative estimate of drug-likeness (QED) is 0.571. The van der Waals surface area contributed by atoms with Crippen LogP contribution in [0.2, 0.25) is 0 Å². The number of halogens is 2. The van der Waals surface area contributed by atoms with Gasteiger partial charge in [0.25, 0.3) is 0 Å². The lowest BCUT2D eigenvalue weighted by Crippen LogP contribution is -2.42. The van der Waals surface area contributed by atoms with Crippen molar-refractivity contribution in [3.63, 3.8) is 0 Å². The molecule has 33 heavy (non-hydrogen) atoms. The van der Waals surface area contributed by atoms with E-state index in [4.69, 9.17) is 10.5 Å². The van der Waals surface area contributed by atoms with Crippen LogP contribution in [0.3, 0.4) is 0 Å². The van der Waals surface area contributed by atoms with Crippen molar-refractivity contribution in [2.75, 3.05) is 0 Å². The predicted octanol–water partition coefficient (Wildman–Crippen LogP) is 5.76. The standard InChI is InChI=1S/C26H20BrFN4O/c27-17-8-9-23(33-13-16-4-3-5-18(28)10-16)21(11-17)24-20-7-2-1-6-19(20)22(12-29)25(32)26(24,14-30)15-31/h3-6,8-11,20,24H,1-2,7,13,32H2/t20-,24+/m0/s1. The summed E-state index contributed by atoms with van der Waals surface area (Å²) >= 11 is 3.50. The molecule has 2 aliphatic rings. The minimum atomic E-state index is -1.72. The van der Waals surface area contributed by atoms with Crippen molar-refractivity contribution < 1.29 is 9.13 Å². The van der Waals surface area contributed by atoms with Gasteiger partial charge in [0.1, 0.15) is 24.2 Å². The highest BCUT2D eigenvalue weighted by molar-refractivity contribution is 9.10. The molecule has 2 aliphatic carbocycles. The molecular weight excluding hydrogens is 483 g/mol. The summed E-state index contributed by atoms with van der Waals surface area (Å²) in [7, 11) is 0. The van der Waals surface area contributed by atoms with E-state index in [1.807, 2.05) is 18.2 Å². The molecule has 0 saturated carbocycles. The van der Waals surface area contributed by atoms with Crippen LogP contribution in [0.25, 0.3) is 0 Å². The van der Waals surface area contributed by atoms with E-state index in [0.717, 1.165) is 29.3 Å². The van der Waals surface area contributed by atoms with E-state index >= 15 is 0 Å². The molecule has 5 nitrogen and oxygen atoms in total. The fourth-order valence-electron chi connectivity index (χ4n) is 4.90. The average Bonchev–Trinajstić information content (AvgIpc) is 2.83. The highest BCUT2D eigenvalue weighted by Crippen LogP contribution is 2.57. The molecular formula is C26H20BrFN4O.